The number of carbonyl (C=O) groups excluding carboxylic acids is 1. The molecule has 0 fully saturated rings. The molecule has 0 aliphatic rings. The zero-order valence-corrected chi connectivity index (χ0v) is 16.3. The molecule has 5 nitrogen and oxygen atoms in total. The minimum Gasteiger partial charge on any atom is -0.338 e. The summed E-state index contributed by atoms with van der Waals surface area (Å²) in [4.78, 5) is 16.3. The van der Waals surface area contributed by atoms with E-state index in [9.17, 15) is 10.1 Å². The van der Waals surface area contributed by atoms with Crippen LogP contribution in [0.25, 0.3) is 21.9 Å². The second-order valence-electron chi connectivity index (χ2n) is 6.87. The Labute approximate surface area is 175 Å². The summed E-state index contributed by atoms with van der Waals surface area (Å²) in [5, 5.41) is 16.8. The number of nitriles is 1. The number of nitrogens with one attached hydrogen (secondary N) is 2. The van der Waals surface area contributed by atoms with Crippen LogP contribution in [0, 0.1) is 11.3 Å². The fourth-order valence-electron chi connectivity index (χ4n) is 3.42. The SMILES string of the molecule is N#Cc1nccc2c(-c3ccc(NC(=O)NCCc4ccccc4)cc3)cccc12. The number of urea groups is 1. The highest BCUT2D eigenvalue weighted by Gasteiger charge is 2.08. The van der Waals surface area contributed by atoms with E-state index in [1.54, 1.807) is 6.20 Å². The Morgan fingerprint density at radius 2 is 1.70 bits per heavy atom. The first-order chi connectivity index (χ1) is 14.7. The minimum absolute atomic E-state index is 0.228. The minimum atomic E-state index is -0.228. The predicted molar refractivity (Wildman–Crippen MR) is 119 cm³/mol. The van der Waals surface area contributed by atoms with Crippen molar-refractivity contribution >= 4 is 22.5 Å². The highest BCUT2D eigenvalue weighted by molar-refractivity contribution is 5.99. The average molecular weight is 392 g/mol. The van der Waals surface area contributed by atoms with E-state index in [0.717, 1.165) is 34.0 Å². The molecule has 0 bridgehead atoms. The van der Waals surface area contributed by atoms with Gasteiger partial charge in [-0.1, -0.05) is 60.7 Å². The quantitative estimate of drug-likeness (QED) is 0.494. The molecule has 146 valence electrons. The molecule has 0 aliphatic carbocycles. The second-order valence-corrected chi connectivity index (χ2v) is 6.87. The van der Waals surface area contributed by atoms with Gasteiger partial charge in [-0.15, -0.1) is 0 Å². The van der Waals surface area contributed by atoms with E-state index in [-0.39, 0.29) is 6.03 Å². The van der Waals surface area contributed by atoms with Crippen molar-refractivity contribution in [1.82, 2.24) is 10.3 Å². The number of pyridine rings is 1. The van der Waals surface area contributed by atoms with Gasteiger partial charge in [-0.05, 0) is 46.7 Å². The standard InChI is InChI=1S/C25H20N4O/c26-17-24-23-8-4-7-21(22(23)14-16-27-24)19-9-11-20(12-10-19)29-25(30)28-15-13-18-5-2-1-3-6-18/h1-12,14,16H,13,15H2,(H2,28,29,30). The van der Waals surface area contributed by atoms with Crippen LogP contribution in [-0.4, -0.2) is 17.6 Å². The summed E-state index contributed by atoms with van der Waals surface area (Å²) in [6, 6.07) is 27.4. The van der Waals surface area contributed by atoms with Crippen LogP contribution >= 0.6 is 0 Å². The molecule has 2 N–H and O–H groups in total. The van der Waals surface area contributed by atoms with Gasteiger partial charge in [0.1, 0.15) is 11.8 Å². The number of amides is 2. The molecule has 0 radical (unpaired) electrons. The lowest BCUT2D eigenvalue weighted by atomic mass is 9.98. The van der Waals surface area contributed by atoms with E-state index in [2.05, 4.69) is 21.7 Å². The smallest absolute Gasteiger partial charge is 0.319 e. The summed E-state index contributed by atoms with van der Waals surface area (Å²) in [6.07, 6.45) is 2.44. The van der Waals surface area contributed by atoms with E-state index in [4.69, 9.17) is 0 Å². The maximum Gasteiger partial charge on any atom is 0.319 e. The number of hydrogen-bond donors (Lipinski definition) is 2. The molecule has 4 rings (SSSR count). The molecule has 0 unspecified atom stereocenters. The van der Waals surface area contributed by atoms with Crippen LogP contribution in [-0.2, 0) is 6.42 Å². The Bertz CT molecular complexity index is 1210. The number of rotatable bonds is 5. The van der Waals surface area contributed by atoms with Crippen molar-refractivity contribution in [2.75, 3.05) is 11.9 Å². The van der Waals surface area contributed by atoms with E-state index < -0.39 is 0 Å². The Balaban J connectivity index is 1.43. The summed E-state index contributed by atoms with van der Waals surface area (Å²) in [7, 11) is 0. The number of carbonyl (C=O) groups is 1. The highest BCUT2D eigenvalue weighted by atomic mass is 16.2. The van der Waals surface area contributed by atoms with E-state index in [1.165, 1.54) is 5.56 Å². The van der Waals surface area contributed by atoms with Crippen LogP contribution in [0.3, 0.4) is 0 Å². The van der Waals surface area contributed by atoms with Crippen LogP contribution in [0.2, 0.25) is 0 Å². The largest absolute Gasteiger partial charge is 0.338 e. The third-order valence-electron chi connectivity index (χ3n) is 4.91. The Kier molecular flexibility index (Phi) is 5.68. The van der Waals surface area contributed by atoms with Crippen LogP contribution in [0.15, 0.2) is 85.1 Å². The number of benzene rings is 3. The summed E-state index contributed by atoms with van der Waals surface area (Å²) < 4.78 is 0. The molecule has 30 heavy (non-hydrogen) atoms. The number of fused-ring (bicyclic) bond motifs is 1. The van der Waals surface area contributed by atoms with Crippen molar-refractivity contribution in [1.29, 1.82) is 5.26 Å². The number of aromatic nitrogens is 1. The normalized spacial score (nSPS) is 10.4. The van der Waals surface area contributed by atoms with E-state index >= 15 is 0 Å². The van der Waals surface area contributed by atoms with Gasteiger partial charge in [-0.2, -0.15) is 5.26 Å². The average Bonchev–Trinajstić information content (AvgIpc) is 2.79. The molecule has 0 atom stereocenters. The lowest BCUT2D eigenvalue weighted by Crippen LogP contribution is -2.30. The molecule has 1 aromatic heterocycles. The van der Waals surface area contributed by atoms with Gasteiger partial charge in [0, 0.05) is 23.8 Å². The molecule has 1 heterocycles. The van der Waals surface area contributed by atoms with Crippen molar-refractivity contribution in [3.8, 4) is 17.2 Å². The first-order valence-electron chi connectivity index (χ1n) is 9.71. The zero-order valence-electron chi connectivity index (χ0n) is 16.3. The van der Waals surface area contributed by atoms with Gasteiger partial charge >= 0.3 is 6.03 Å². The van der Waals surface area contributed by atoms with Crippen LogP contribution in [0.1, 0.15) is 11.3 Å². The molecule has 0 saturated carbocycles. The molecule has 3 aromatic carbocycles. The fourth-order valence-corrected chi connectivity index (χ4v) is 3.42. The van der Waals surface area contributed by atoms with Gasteiger partial charge in [0.05, 0.1) is 0 Å². The monoisotopic (exact) mass is 392 g/mol. The molecular formula is C25H20N4O. The third kappa shape index (κ3) is 4.29. The van der Waals surface area contributed by atoms with E-state index in [0.29, 0.717) is 12.2 Å². The molecule has 2 amide bonds. The summed E-state index contributed by atoms with van der Waals surface area (Å²) in [5.74, 6) is 0. The molecule has 5 heteroatoms. The number of anilines is 1. The van der Waals surface area contributed by atoms with Crippen LogP contribution < -0.4 is 10.6 Å². The zero-order chi connectivity index (χ0) is 20.8. The Hall–Kier alpha value is -4.17. The van der Waals surface area contributed by atoms with Crippen molar-refractivity contribution in [2.45, 2.75) is 6.42 Å². The lowest BCUT2D eigenvalue weighted by molar-refractivity contribution is 0.252. The van der Waals surface area contributed by atoms with Crippen molar-refractivity contribution in [3.05, 3.63) is 96.3 Å². The van der Waals surface area contributed by atoms with Crippen molar-refractivity contribution < 1.29 is 4.79 Å². The molecule has 0 aliphatic heterocycles. The topological polar surface area (TPSA) is 77.8 Å². The Morgan fingerprint density at radius 1 is 0.900 bits per heavy atom. The fraction of sp³-hybridized carbons (Fsp3) is 0.0800. The van der Waals surface area contributed by atoms with E-state index in [1.807, 2.05) is 78.9 Å². The number of nitrogens with zero attached hydrogens (tertiary/aromatic N) is 2. The van der Waals surface area contributed by atoms with Crippen molar-refractivity contribution in [2.24, 2.45) is 0 Å². The van der Waals surface area contributed by atoms with Gasteiger partial charge in [-0.25, -0.2) is 9.78 Å². The van der Waals surface area contributed by atoms with Gasteiger partial charge in [-0.3, -0.25) is 0 Å². The maximum atomic E-state index is 12.1. The summed E-state index contributed by atoms with van der Waals surface area (Å²) in [6.45, 7) is 0.569. The lowest BCUT2D eigenvalue weighted by Gasteiger charge is -2.10. The molecule has 4 aromatic rings. The maximum absolute atomic E-state index is 12.1. The summed E-state index contributed by atoms with van der Waals surface area (Å²) >= 11 is 0. The summed E-state index contributed by atoms with van der Waals surface area (Å²) in [5.41, 5.74) is 4.35. The third-order valence-corrected chi connectivity index (χ3v) is 4.91. The first-order valence-corrected chi connectivity index (χ1v) is 9.71. The predicted octanol–water partition coefficient (Wildman–Crippen LogP) is 5.14. The highest BCUT2D eigenvalue weighted by Crippen LogP contribution is 2.30. The second kappa shape index (κ2) is 8.89. The van der Waals surface area contributed by atoms with Gasteiger partial charge in [0.25, 0.3) is 0 Å². The van der Waals surface area contributed by atoms with Crippen molar-refractivity contribution in [3.63, 3.8) is 0 Å². The van der Waals surface area contributed by atoms with Gasteiger partial charge in [0.15, 0.2) is 0 Å². The van der Waals surface area contributed by atoms with Crippen LogP contribution in [0.5, 0.6) is 0 Å². The molecule has 0 saturated heterocycles. The first kappa shape index (κ1) is 19.2. The van der Waals surface area contributed by atoms with Gasteiger partial charge in [0.2, 0.25) is 0 Å². The van der Waals surface area contributed by atoms with Crippen LogP contribution in [0.4, 0.5) is 10.5 Å². The molecule has 0 spiro atoms. The molecular weight excluding hydrogens is 372 g/mol. The Morgan fingerprint density at radius 3 is 2.47 bits per heavy atom. The van der Waals surface area contributed by atoms with Gasteiger partial charge < -0.3 is 10.6 Å². The number of hydrogen-bond acceptors (Lipinski definition) is 3.